The molecule has 0 fully saturated rings. The average molecular weight is 369 g/mol. The molecule has 1 aromatic carbocycles. The summed E-state index contributed by atoms with van der Waals surface area (Å²) in [6, 6.07) is 2.64. The molecule has 0 aliphatic rings. The fourth-order valence-corrected chi connectivity index (χ4v) is 2.20. The van der Waals surface area contributed by atoms with Crippen LogP contribution in [-0.4, -0.2) is 33.5 Å². The molecular weight excluding hydrogens is 355 g/mol. The average Bonchev–Trinajstić information content (AvgIpc) is 2.92. The fourth-order valence-electron chi connectivity index (χ4n) is 2.20. The molecule has 0 aliphatic heterocycles. The molecule has 0 aliphatic carbocycles. The summed E-state index contributed by atoms with van der Waals surface area (Å²) in [5, 5.41) is 5.94. The minimum absolute atomic E-state index is 0.0603. The van der Waals surface area contributed by atoms with Crippen LogP contribution < -0.4 is 16.8 Å². The molecule has 3 amide bonds. The highest BCUT2D eigenvalue weighted by molar-refractivity contribution is 6.08. The van der Waals surface area contributed by atoms with Gasteiger partial charge in [0.25, 0.3) is 5.91 Å². The van der Waals surface area contributed by atoms with E-state index in [1.54, 1.807) is 0 Å². The topological polar surface area (TPSA) is 133 Å². The Morgan fingerprint density at radius 3 is 2.35 bits per heavy atom. The summed E-state index contributed by atoms with van der Waals surface area (Å²) < 4.78 is 39.6. The first-order valence-electron chi connectivity index (χ1n) is 7.14. The number of nitrogens with zero attached hydrogens (tertiary/aromatic N) is 2. The first kappa shape index (κ1) is 19.0. The zero-order valence-electron chi connectivity index (χ0n) is 13.4. The van der Waals surface area contributed by atoms with Gasteiger partial charge >= 0.3 is 6.18 Å². The van der Waals surface area contributed by atoms with Crippen LogP contribution in [0.3, 0.4) is 0 Å². The smallest absolute Gasteiger partial charge is 0.367 e. The molecule has 1 heterocycles. The van der Waals surface area contributed by atoms with Gasteiger partial charge in [-0.15, -0.1) is 0 Å². The van der Waals surface area contributed by atoms with E-state index in [1.807, 2.05) is 0 Å². The van der Waals surface area contributed by atoms with Crippen molar-refractivity contribution in [1.29, 1.82) is 0 Å². The summed E-state index contributed by atoms with van der Waals surface area (Å²) in [7, 11) is 0. The summed E-state index contributed by atoms with van der Waals surface area (Å²) in [6.07, 6.45) is -3.45. The predicted octanol–water partition coefficient (Wildman–Crippen LogP) is 0.269. The Bertz CT molecular complexity index is 862. The third-order valence-electron chi connectivity index (χ3n) is 3.52. The van der Waals surface area contributed by atoms with Crippen LogP contribution >= 0.6 is 0 Å². The molecule has 0 unspecified atom stereocenters. The Balaban J connectivity index is 2.35. The molecule has 26 heavy (non-hydrogen) atoms. The maximum Gasteiger partial charge on any atom is 0.416 e. The summed E-state index contributed by atoms with van der Waals surface area (Å²) in [5.41, 5.74) is 9.28. The molecule has 0 saturated carbocycles. The molecule has 2 aromatic rings. The van der Waals surface area contributed by atoms with Gasteiger partial charge in [0.15, 0.2) is 6.04 Å². The van der Waals surface area contributed by atoms with E-state index in [0.29, 0.717) is 0 Å². The molecule has 8 nitrogen and oxygen atoms in total. The summed E-state index contributed by atoms with van der Waals surface area (Å²) in [4.78, 5) is 34.5. The van der Waals surface area contributed by atoms with Gasteiger partial charge in [0.05, 0.1) is 28.7 Å². The van der Waals surface area contributed by atoms with E-state index in [9.17, 15) is 27.6 Å². The Labute approximate surface area is 144 Å². The summed E-state index contributed by atoms with van der Waals surface area (Å²) in [5.74, 6) is -3.16. The van der Waals surface area contributed by atoms with E-state index in [2.05, 4.69) is 10.4 Å². The molecular formula is C15H14F3N5O3. The first-order valence-corrected chi connectivity index (χ1v) is 7.14. The Morgan fingerprint density at radius 2 is 1.81 bits per heavy atom. The van der Waals surface area contributed by atoms with Crippen LogP contribution in [0.1, 0.15) is 21.6 Å². The molecule has 0 spiro atoms. The maximum atomic E-state index is 12.8. The lowest BCUT2D eigenvalue weighted by molar-refractivity contribution is -0.137. The molecule has 2 rings (SSSR count). The van der Waals surface area contributed by atoms with Crippen LogP contribution in [0.2, 0.25) is 0 Å². The lowest BCUT2D eigenvalue weighted by Crippen LogP contribution is -2.52. The van der Waals surface area contributed by atoms with Gasteiger partial charge in [-0.25, -0.2) is 4.68 Å². The van der Waals surface area contributed by atoms with E-state index < -0.39 is 35.5 Å². The van der Waals surface area contributed by atoms with Crippen molar-refractivity contribution in [3.05, 3.63) is 47.3 Å². The number of benzene rings is 1. The molecule has 0 atom stereocenters. The second-order valence-electron chi connectivity index (χ2n) is 5.31. The number of carbonyl (C=O) groups is 3. The van der Waals surface area contributed by atoms with Gasteiger partial charge in [-0.05, 0) is 25.1 Å². The van der Waals surface area contributed by atoms with E-state index in [4.69, 9.17) is 11.5 Å². The number of hydrogen-bond donors (Lipinski definition) is 3. The number of aromatic nitrogens is 2. The van der Waals surface area contributed by atoms with Crippen molar-refractivity contribution in [3.63, 3.8) is 0 Å². The van der Waals surface area contributed by atoms with Crippen molar-refractivity contribution in [3.8, 4) is 5.69 Å². The zero-order valence-corrected chi connectivity index (χ0v) is 13.4. The lowest BCUT2D eigenvalue weighted by Gasteiger charge is -2.12. The van der Waals surface area contributed by atoms with Gasteiger partial charge in [-0.3, -0.25) is 14.4 Å². The van der Waals surface area contributed by atoms with Gasteiger partial charge in [-0.1, -0.05) is 6.07 Å². The van der Waals surface area contributed by atoms with E-state index in [0.717, 1.165) is 23.0 Å². The second kappa shape index (κ2) is 6.86. The quantitative estimate of drug-likeness (QED) is 0.652. The number of alkyl halides is 3. The minimum atomic E-state index is -4.53. The maximum absolute atomic E-state index is 12.8. The number of amides is 3. The molecule has 5 N–H and O–H groups in total. The van der Waals surface area contributed by atoms with Crippen molar-refractivity contribution in [1.82, 2.24) is 15.1 Å². The Kier molecular flexibility index (Phi) is 5.00. The fraction of sp³-hybridized carbons (Fsp3) is 0.200. The van der Waals surface area contributed by atoms with Crippen LogP contribution in [0.4, 0.5) is 13.2 Å². The van der Waals surface area contributed by atoms with Crippen molar-refractivity contribution >= 4 is 17.7 Å². The Hall–Kier alpha value is -3.37. The number of halogens is 3. The summed E-state index contributed by atoms with van der Waals surface area (Å²) >= 11 is 0. The van der Waals surface area contributed by atoms with Gasteiger partial charge < -0.3 is 16.8 Å². The molecule has 1 aromatic heterocycles. The number of nitrogens with one attached hydrogen (secondary N) is 1. The van der Waals surface area contributed by atoms with Gasteiger partial charge in [0.2, 0.25) is 11.8 Å². The normalized spacial score (nSPS) is 11.4. The monoisotopic (exact) mass is 369 g/mol. The second-order valence-corrected chi connectivity index (χ2v) is 5.31. The van der Waals surface area contributed by atoms with E-state index >= 15 is 0 Å². The van der Waals surface area contributed by atoms with Crippen LogP contribution in [-0.2, 0) is 15.8 Å². The predicted molar refractivity (Wildman–Crippen MR) is 82.9 cm³/mol. The molecule has 0 saturated heterocycles. The number of rotatable bonds is 5. The highest BCUT2D eigenvalue weighted by atomic mass is 19.4. The van der Waals surface area contributed by atoms with E-state index in [-0.39, 0.29) is 16.9 Å². The van der Waals surface area contributed by atoms with Gasteiger partial charge in [0, 0.05) is 0 Å². The third-order valence-corrected chi connectivity index (χ3v) is 3.52. The van der Waals surface area contributed by atoms with Crippen molar-refractivity contribution < 1.29 is 27.6 Å². The van der Waals surface area contributed by atoms with E-state index in [1.165, 1.54) is 19.1 Å². The number of carbonyl (C=O) groups excluding carboxylic acids is 3. The van der Waals surface area contributed by atoms with Crippen LogP contribution in [0.5, 0.6) is 0 Å². The highest BCUT2D eigenvalue weighted by Crippen LogP contribution is 2.30. The number of nitrogens with two attached hydrogens (primary N) is 2. The molecule has 0 bridgehead atoms. The zero-order chi connectivity index (χ0) is 19.6. The molecule has 11 heteroatoms. The van der Waals surface area contributed by atoms with Crippen molar-refractivity contribution in [2.24, 2.45) is 11.5 Å². The van der Waals surface area contributed by atoms with Gasteiger partial charge in [0.1, 0.15) is 0 Å². The van der Waals surface area contributed by atoms with Crippen molar-refractivity contribution in [2.75, 3.05) is 0 Å². The minimum Gasteiger partial charge on any atom is -0.367 e. The SMILES string of the molecule is Cc1c(C(=O)NC(C(N)=O)C(N)=O)cnn1-c1cccc(C(F)(F)F)c1. The van der Waals surface area contributed by atoms with Crippen LogP contribution in [0, 0.1) is 6.92 Å². The van der Waals surface area contributed by atoms with Crippen molar-refractivity contribution in [2.45, 2.75) is 19.1 Å². The largest absolute Gasteiger partial charge is 0.416 e. The third kappa shape index (κ3) is 3.82. The van der Waals surface area contributed by atoms with Crippen LogP contribution in [0.15, 0.2) is 30.5 Å². The number of hydrogen-bond acceptors (Lipinski definition) is 4. The molecule has 0 radical (unpaired) electrons. The first-order chi connectivity index (χ1) is 12.0. The lowest BCUT2D eigenvalue weighted by atomic mass is 10.1. The molecule has 138 valence electrons. The summed E-state index contributed by atoms with van der Waals surface area (Å²) in [6.45, 7) is 1.44. The standard InChI is InChI=1S/C15H14F3N5O3/c1-7-10(14(26)22-11(12(19)24)13(20)25)6-21-23(7)9-4-2-3-8(5-9)15(16,17)18/h2-6,11H,1H3,(H2,19,24)(H2,20,25)(H,22,26). The van der Waals surface area contributed by atoms with Crippen LogP contribution in [0.25, 0.3) is 5.69 Å². The Morgan fingerprint density at radius 1 is 1.19 bits per heavy atom. The highest BCUT2D eigenvalue weighted by Gasteiger charge is 2.31. The number of primary amides is 2. The van der Waals surface area contributed by atoms with Gasteiger partial charge in [-0.2, -0.15) is 18.3 Å².